The van der Waals surface area contributed by atoms with Crippen molar-refractivity contribution >= 4 is 11.8 Å². The Labute approximate surface area is 280 Å². The van der Waals surface area contributed by atoms with Gasteiger partial charge in [-0.15, -0.1) is 16.9 Å². The zero-order valence-electron chi connectivity index (χ0n) is 26.0. The first-order chi connectivity index (χ1) is 23.6. The van der Waals surface area contributed by atoms with Crippen LogP contribution in [0.4, 0.5) is 22.0 Å². The van der Waals surface area contributed by atoms with Gasteiger partial charge in [0.05, 0.1) is 28.2 Å². The SMILES string of the molecule is Cc1c(Cc2c(F)cccc2C(F)(F)F)c2n(c(=O)c1-c1ccc3c(c1F)OCO3)C(C(NCCCc1nnn[nH]1)c1ccccc1)CS2. The first kappa shape index (κ1) is 32.8. The minimum Gasteiger partial charge on any atom is -0.453 e. The lowest BCUT2D eigenvalue weighted by Gasteiger charge is -2.28. The highest BCUT2D eigenvalue weighted by Gasteiger charge is 2.39. The van der Waals surface area contributed by atoms with Crippen LogP contribution in [0.5, 0.6) is 11.5 Å². The lowest BCUT2D eigenvalue weighted by Crippen LogP contribution is -2.36. The van der Waals surface area contributed by atoms with Gasteiger partial charge in [0.2, 0.25) is 12.5 Å². The Bertz CT molecular complexity index is 2060. The Morgan fingerprint density at radius 3 is 2.63 bits per heavy atom. The lowest BCUT2D eigenvalue weighted by molar-refractivity contribution is -0.138. The molecular formula is C34H29F5N6O3S. The summed E-state index contributed by atoms with van der Waals surface area (Å²) >= 11 is 1.31. The first-order valence-corrected chi connectivity index (χ1v) is 16.5. The van der Waals surface area contributed by atoms with E-state index in [0.29, 0.717) is 41.6 Å². The minimum atomic E-state index is -4.83. The first-order valence-electron chi connectivity index (χ1n) is 15.5. The monoisotopic (exact) mass is 696 g/mol. The lowest BCUT2D eigenvalue weighted by atomic mass is 9.91. The van der Waals surface area contributed by atoms with E-state index in [2.05, 4.69) is 25.9 Å². The van der Waals surface area contributed by atoms with Crippen LogP contribution in [-0.4, -0.2) is 44.3 Å². The molecule has 0 saturated carbocycles. The number of benzene rings is 3. The maximum Gasteiger partial charge on any atom is 0.416 e. The van der Waals surface area contributed by atoms with Crippen LogP contribution in [0, 0.1) is 18.6 Å². The average molecular weight is 697 g/mol. The van der Waals surface area contributed by atoms with Gasteiger partial charge in [-0.1, -0.05) is 36.4 Å². The van der Waals surface area contributed by atoms with Crippen LogP contribution >= 0.6 is 11.8 Å². The summed E-state index contributed by atoms with van der Waals surface area (Å²) in [6.07, 6.45) is -4.08. The van der Waals surface area contributed by atoms with Crippen LogP contribution in [0.3, 0.4) is 0 Å². The standard InChI is InChI=1S/C34H29F5N6O3S/c1-18-21(15-22-23(34(37,38)39)9-5-10-24(22)35)33-45(32(46)28(18)20-12-13-26-31(29(20)36)48-17-47-26)25(16-49-33)30(19-7-3-2-4-8-19)40-14-6-11-27-41-43-44-42-27/h2-5,7-10,12-13,25,30,40H,6,11,14-17H2,1H3,(H,41,42,43,44). The molecule has 0 aliphatic carbocycles. The Morgan fingerprint density at radius 2 is 1.88 bits per heavy atom. The van der Waals surface area contributed by atoms with Gasteiger partial charge in [-0.05, 0) is 71.3 Å². The summed E-state index contributed by atoms with van der Waals surface area (Å²) < 4.78 is 86.0. The minimum absolute atomic E-state index is 0.0448. The van der Waals surface area contributed by atoms with Crippen molar-refractivity contribution in [2.24, 2.45) is 0 Å². The summed E-state index contributed by atoms with van der Waals surface area (Å²) in [7, 11) is 0. The summed E-state index contributed by atoms with van der Waals surface area (Å²) in [5.41, 5.74) is -0.893. The van der Waals surface area contributed by atoms with E-state index in [0.717, 1.165) is 23.8 Å². The van der Waals surface area contributed by atoms with Gasteiger partial charge in [0, 0.05) is 29.7 Å². The van der Waals surface area contributed by atoms with Crippen LogP contribution in [-0.2, 0) is 19.0 Å². The van der Waals surface area contributed by atoms with E-state index in [1.165, 1.54) is 28.5 Å². The topological polar surface area (TPSA) is 107 Å². The van der Waals surface area contributed by atoms with Crippen molar-refractivity contribution in [2.75, 3.05) is 19.1 Å². The summed E-state index contributed by atoms with van der Waals surface area (Å²) in [6, 6.07) is 14.2. The second kappa shape index (κ2) is 13.3. The van der Waals surface area contributed by atoms with Gasteiger partial charge in [0.15, 0.2) is 11.6 Å². The summed E-state index contributed by atoms with van der Waals surface area (Å²) in [5.74, 6) is -0.849. The number of halogens is 5. The van der Waals surface area contributed by atoms with Crippen molar-refractivity contribution in [1.82, 2.24) is 30.5 Å². The maximum absolute atomic E-state index is 16.1. The molecule has 9 nitrogen and oxygen atoms in total. The number of rotatable bonds is 10. The third-order valence-electron chi connectivity index (χ3n) is 8.87. The molecule has 7 rings (SSSR count). The molecule has 254 valence electrons. The van der Waals surface area contributed by atoms with Crippen LogP contribution < -0.4 is 20.3 Å². The van der Waals surface area contributed by atoms with E-state index >= 15 is 8.78 Å². The molecule has 0 spiro atoms. The summed E-state index contributed by atoms with van der Waals surface area (Å²) in [5, 5.41) is 17.8. The third kappa shape index (κ3) is 6.16. The van der Waals surface area contributed by atoms with E-state index in [-0.39, 0.29) is 35.0 Å². The fourth-order valence-corrected chi connectivity index (χ4v) is 7.97. The number of hydrogen-bond donors (Lipinski definition) is 2. The molecule has 2 aromatic heterocycles. The van der Waals surface area contributed by atoms with Gasteiger partial charge in [-0.2, -0.15) is 13.2 Å². The molecule has 15 heteroatoms. The van der Waals surface area contributed by atoms with Gasteiger partial charge in [-0.25, -0.2) is 13.9 Å². The number of aryl methyl sites for hydroxylation is 1. The van der Waals surface area contributed by atoms with Crippen LogP contribution in [0.1, 0.15) is 52.1 Å². The van der Waals surface area contributed by atoms with Crippen LogP contribution in [0.2, 0.25) is 0 Å². The van der Waals surface area contributed by atoms with Crippen molar-refractivity contribution in [3.8, 4) is 22.6 Å². The molecule has 2 atom stereocenters. The fourth-order valence-electron chi connectivity index (χ4n) is 6.54. The molecule has 3 aromatic carbocycles. The quantitative estimate of drug-likeness (QED) is 0.125. The second-order valence-corrected chi connectivity index (χ2v) is 12.7. The van der Waals surface area contributed by atoms with Gasteiger partial charge < -0.3 is 14.8 Å². The molecule has 2 N–H and O–H groups in total. The molecule has 0 amide bonds. The maximum atomic E-state index is 16.1. The van der Waals surface area contributed by atoms with Crippen molar-refractivity contribution < 1.29 is 31.4 Å². The molecular weight excluding hydrogens is 667 g/mol. The highest BCUT2D eigenvalue weighted by atomic mass is 32.2. The van der Waals surface area contributed by atoms with Gasteiger partial charge in [0.1, 0.15) is 11.6 Å². The largest absolute Gasteiger partial charge is 0.453 e. The molecule has 49 heavy (non-hydrogen) atoms. The number of hydrogen-bond acceptors (Lipinski definition) is 8. The molecule has 5 aromatic rings. The number of nitrogens with one attached hydrogen (secondary N) is 2. The number of thioether (sulfide) groups is 1. The van der Waals surface area contributed by atoms with Crippen molar-refractivity contribution in [2.45, 2.75) is 49.5 Å². The predicted molar refractivity (Wildman–Crippen MR) is 171 cm³/mol. The zero-order valence-corrected chi connectivity index (χ0v) is 26.8. The summed E-state index contributed by atoms with van der Waals surface area (Å²) in [4.78, 5) is 14.7. The second-order valence-electron chi connectivity index (χ2n) is 11.7. The average Bonchev–Trinajstić information content (AvgIpc) is 3.87. The molecule has 0 fully saturated rings. The van der Waals surface area contributed by atoms with Crippen molar-refractivity contribution in [3.63, 3.8) is 0 Å². The smallest absolute Gasteiger partial charge is 0.416 e. The molecule has 2 aliphatic heterocycles. The summed E-state index contributed by atoms with van der Waals surface area (Å²) in [6.45, 7) is 1.87. The Hall–Kier alpha value is -4.76. The molecule has 2 aliphatic rings. The third-order valence-corrected chi connectivity index (χ3v) is 10.1. The number of alkyl halides is 3. The van der Waals surface area contributed by atoms with Gasteiger partial charge in [-0.3, -0.25) is 9.36 Å². The number of aromatic nitrogens is 5. The number of ether oxygens (including phenoxy) is 2. The molecule has 0 saturated heterocycles. The van der Waals surface area contributed by atoms with E-state index in [1.807, 2.05) is 30.3 Å². The molecule has 0 bridgehead atoms. The van der Waals surface area contributed by atoms with Crippen LogP contribution in [0.15, 0.2) is 70.5 Å². The van der Waals surface area contributed by atoms with E-state index in [1.54, 1.807) is 6.92 Å². The van der Waals surface area contributed by atoms with E-state index < -0.39 is 53.0 Å². The Balaban J connectivity index is 1.38. The zero-order chi connectivity index (χ0) is 34.3. The highest BCUT2D eigenvalue weighted by Crippen LogP contribution is 2.46. The number of nitrogens with zero attached hydrogens (tertiary/aromatic N) is 4. The molecule has 0 radical (unpaired) electrons. The van der Waals surface area contributed by atoms with Gasteiger partial charge >= 0.3 is 6.18 Å². The predicted octanol–water partition coefficient (Wildman–Crippen LogP) is 6.56. The van der Waals surface area contributed by atoms with E-state index in [9.17, 15) is 18.0 Å². The van der Waals surface area contributed by atoms with Crippen molar-refractivity contribution in [1.29, 1.82) is 0 Å². The number of aromatic amines is 1. The Morgan fingerprint density at radius 1 is 1.06 bits per heavy atom. The Kier molecular flexibility index (Phi) is 8.88. The number of H-pyrrole nitrogens is 1. The number of pyridine rings is 1. The number of tetrazole rings is 1. The van der Waals surface area contributed by atoms with Crippen molar-refractivity contribution in [3.05, 3.63) is 116 Å². The fraction of sp³-hybridized carbons (Fsp3) is 0.294. The molecule has 2 unspecified atom stereocenters. The molecule has 4 heterocycles. The van der Waals surface area contributed by atoms with Crippen LogP contribution in [0.25, 0.3) is 11.1 Å². The number of fused-ring (bicyclic) bond motifs is 2. The van der Waals surface area contributed by atoms with E-state index in [4.69, 9.17) is 9.47 Å². The normalized spacial score (nSPS) is 15.8. The van der Waals surface area contributed by atoms with Gasteiger partial charge in [0.25, 0.3) is 5.56 Å². The highest BCUT2D eigenvalue weighted by molar-refractivity contribution is 7.99.